The van der Waals surface area contributed by atoms with Gasteiger partial charge in [-0.25, -0.2) is 0 Å². The molecule has 0 amide bonds. The van der Waals surface area contributed by atoms with Crippen LogP contribution in [0.5, 0.6) is 0 Å². The van der Waals surface area contributed by atoms with E-state index in [4.69, 9.17) is 9.47 Å². The number of likely N-dealkylation sites (N-methyl/N-ethyl adjacent to an activating group) is 1. The van der Waals surface area contributed by atoms with Gasteiger partial charge in [0.1, 0.15) is 0 Å². The molecule has 0 bridgehead atoms. The SMILES string of the molecule is CNC1COC(C)(C2CCCCC2)OC1. The molecule has 0 aromatic heterocycles. The molecule has 0 radical (unpaired) electrons. The lowest BCUT2D eigenvalue weighted by molar-refractivity contribution is -0.293. The minimum atomic E-state index is -0.312. The Morgan fingerprint density at radius 3 is 2.20 bits per heavy atom. The summed E-state index contributed by atoms with van der Waals surface area (Å²) in [6, 6.07) is 0.363. The van der Waals surface area contributed by atoms with Crippen molar-refractivity contribution in [2.24, 2.45) is 5.92 Å². The van der Waals surface area contributed by atoms with Crippen LogP contribution in [0.25, 0.3) is 0 Å². The van der Waals surface area contributed by atoms with Crippen LogP contribution >= 0.6 is 0 Å². The van der Waals surface area contributed by atoms with E-state index in [1.807, 2.05) is 7.05 Å². The van der Waals surface area contributed by atoms with E-state index in [1.54, 1.807) is 0 Å². The van der Waals surface area contributed by atoms with Gasteiger partial charge in [0.25, 0.3) is 0 Å². The fourth-order valence-corrected chi connectivity index (χ4v) is 2.65. The van der Waals surface area contributed by atoms with Gasteiger partial charge in [0.15, 0.2) is 5.79 Å². The number of hydrogen-bond acceptors (Lipinski definition) is 3. The second kappa shape index (κ2) is 4.81. The lowest BCUT2D eigenvalue weighted by atomic mass is 9.83. The first kappa shape index (κ1) is 11.4. The second-order valence-electron chi connectivity index (χ2n) is 4.96. The zero-order valence-corrected chi connectivity index (χ0v) is 9.92. The molecule has 2 rings (SSSR count). The van der Waals surface area contributed by atoms with Crippen LogP contribution in [-0.4, -0.2) is 32.1 Å². The van der Waals surface area contributed by atoms with E-state index < -0.39 is 0 Å². The van der Waals surface area contributed by atoms with Gasteiger partial charge in [-0.15, -0.1) is 0 Å². The van der Waals surface area contributed by atoms with Crippen LogP contribution in [0.1, 0.15) is 39.0 Å². The van der Waals surface area contributed by atoms with Crippen molar-refractivity contribution in [1.29, 1.82) is 0 Å². The average molecular weight is 213 g/mol. The van der Waals surface area contributed by atoms with Crippen LogP contribution in [0, 0.1) is 5.92 Å². The molecular weight excluding hydrogens is 190 g/mol. The molecule has 2 fully saturated rings. The molecule has 0 aromatic rings. The average Bonchev–Trinajstić information content (AvgIpc) is 2.31. The highest BCUT2D eigenvalue weighted by atomic mass is 16.7. The zero-order valence-electron chi connectivity index (χ0n) is 9.92. The Balaban J connectivity index is 1.89. The molecule has 3 nitrogen and oxygen atoms in total. The molecule has 0 spiro atoms. The van der Waals surface area contributed by atoms with Gasteiger partial charge >= 0.3 is 0 Å². The smallest absolute Gasteiger partial charge is 0.168 e. The maximum atomic E-state index is 5.92. The molecule has 3 heteroatoms. The van der Waals surface area contributed by atoms with Crippen molar-refractivity contribution in [1.82, 2.24) is 5.32 Å². The summed E-state index contributed by atoms with van der Waals surface area (Å²) in [6.07, 6.45) is 6.58. The Bertz CT molecular complexity index is 194. The maximum absolute atomic E-state index is 5.92. The fourth-order valence-electron chi connectivity index (χ4n) is 2.65. The Labute approximate surface area is 92.5 Å². The standard InChI is InChI=1S/C12H23NO2/c1-12(10-6-4-3-5-7-10)14-8-11(13-2)9-15-12/h10-11,13H,3-9H2,1-2H3. The summed E-state index contributed by atoms with van der Waals surface area (Å²) in [4.78, 5) is 0. The summed E-state index contributed by atoms with van der Waals surface area (Å²) in [5.41, 5.74) is 0. The third kappa shape index (κ3) is 2.52. The number of ether oxygens (including phenoxy) is 2. The third-order valence-electron chi connectivity index (χ3n) is 3.90. The molecule has 15 heavy (non-hydrogen) atoms. The van der Waals surface area contributed by atoms with Gasteiger partial charge in [-0.05, 0) is 26.8 Å². The highest BCUT2D eigenvalue weighted by Crippen LogP contribution is 2.37. The summed E-state index contributed by atoms with van der Waals surface area (Å²) >= 11 is 0. The third-order valence-corrected chi connectivity index (χ3v) is 3.90. The zero-order chi connectivity index (χ0) is 10.7. The van der Waals surface area contributed by atoms with Crippen molar-refractivity contribution in [2.45, 2.75) is 50.9 Å². The van der Waals surface area contributed by atoms with Crippen molar-refractivity contribution in [3.05, 3.63) is 0 Å². The summed E-state index contributed by atoms with van der Waals surface area (Å²) in [7, 11) is 1.96. The van der Waals surface area contributed by atoms with Gasteiger partial charge in [-0.1, -0.05) is 19.3 Å². The lowest BCUT2D eigenvalue weighted by Crippen LogP contribution is -2.52. The summed E-state index contributed by atoms with van der Waals surface area (Å²) in [5, 5.41) is 3.19. The number of rotatable bonds is 2. The van der Waals surface area contributed by atoms with Crippen LogP contribution < -0.4 is 5.32 Å². The van der Waals surface area contributed by atoms with E-state index in [0.717, 1.165) is 13.2 Å². The lowest BCUT2D eigenvalue weighted by Gasteiger charge is -2.44. The topological polar surface area (TPSA) is 30.5 Å². The van der Waals surface area contributed by atoms with Crippen LogP contribution in [0.3, 0.4) is 0 Å². The highest BCUT2D eigenvalue weighted by molar-refractivity contribution is 4.83. The molecule has 88 valence electrons. The van der Waals surface area contributed by atoms with Crippen molar-refractivity contribution < 1.29 is 9.47 Å². The number of hydrogen-bond donors (Lipinski definition) is 1. The largest absolute Gasteiger partial charge is 0.348 e. The number of nitrogens with one attached hydrogen (secondary N) is 1. The molecule has 1 heterocycles. The Morgan fingerprint density at radius 2 is 1.67 bits per heavy atom. The van der Waals surface area contributed by atoms with Crippen molar-refractivity contribution in [3.63, 3.8) is 0 Å². The van der Waals surface area contributed by atoms with E-state index >= 15 is 0 Å². The van der Waals surface area contributed by atoms with E-state index in [-0.39, 0.29) is 5.79 Å². The molecular formula is C12H23NO2. The van der Waals surface area contributed by atoms with E-state index in [9.17, 15) is 0 Å². The monoisotopic (exact) mass is 213 g/mol. The quantitative estimate of drug-likeness (QED) is 0.760. The Morgan fingerprint density at radius 1 is 1.07 bits per heavy atom. The fraction of sp³-hybridized carbons (Fsp3) is 1.00. The maximum Gasteiger partial charge on any atom is 0.168 e. The minimum absolute atomic E-state index is 0.312. The first-order chi connectivity index (χ1) is 7.24. The highest BCUT2D eigenvalue weighted by Gasteiger charge is 2.40. The second-order valence-corrected chi connectivity index (χ2v) is 4.96. The van der Waals surface area contributed by atoms with Gasteiger partial charge in [-0.3, -0.25) is 0 Å². The van der Waals surface area contributed by atoms with Gasteiger partial charge in [0.05, 0.1) is 19.3 Å². The van der Waals surface area contributed by atoms with Gasteiger partial charge < -0.3 is 14.8 Å². The molecule has 2 aliphatic rings. The van der Waals surface area contributed by atoms with Crippen molar-refractivity contribution in [3.8, 4) is 0 Å². The summed E-state index contributed by atoms with van der Waals surface area (Å²) in [5.74, 6) is 0.289. The Kier molecular flexibility index (Phi) is 3.65. The van der Waals surface area contributed by atoms with Crippen molar-refractivity contribution >= 4 is 0 Å². The summed E-state index contributed by atoms with van der Waals surface area (Å²) < 4.78 is 11.8. The van der Waals surface area contributed by atoms with Gasteiger partial charge in [-0.2, -0.15) is 0 Å². The van der Waals surface area contributed by atoms with E-state index in [0.29, 0.717) is 12.0 Å². The van der Waals surface area contributed by atoms with Crippen LogP contribution in [0.15, 0.2) is 0 Å². The van der Waals surface area contributed by atoms with Crippen molar-refractivity contribution in [2.75, 3.05) is 20.3 Å². The first-order valence-corrected chi connectivity index (χ1v) is 6.20. The molecule has 0 aromatic carbocycles. The minimum Gasteiger partial charge on any atom is -0.348 e. The van der Waals surface area contributed by atoms with E-state index in [2.05, 4.69) is 12.2 Å². The van der Waals surface area contributed by atoms with Crippen LogP contribution in [0.2, 0.25) is 0 Å². The molecule has 1 aliphatic carbocycles. The Hall–Kier alpha value is -0.120. The predicted molar refractivity (Wildman–Crippen MR) is 59.7 cm³/mol. The van der Waals surface area contributed by atoms with Crippen LogP contribution in [-0.2, 0) is 9.47 Å². The molecule has 1 saturated heterocycles. The molecule has 1 aliphatic heterocycles. The van der Waals surface area contributed by atoms with E-state index in [1.165, 1.54) is 32.1 Å². The molecule has 0 unspecified atom stereocenters. The van der Waals surface area contributed by atoms with Crippen LogP contribution in [0.4, 0.5) is 0 Å². The van der Waals surface area contributed by atoms with Gasteiger partial charge in [0, 0.05) is 5.92 Å². The normalized spacial score (nSPS) is 39.2. The predicted octanol–water partition coefficient (Wildman–Crippen LogP) is 1.92. The summed E-state index contributed by atoms with van der Waals surface area (Å²) in [6.45, 7) is 3.68. The first-order valence-electron chi connectivity index (χ1n) is 6.20. The molecule has 1 N–H and O–H groups in total. The molecule has 1 saturated carbocycles. The molecule has 0 atom stereocenters. The van der Waals surface area contributed by atoms with Gasteiger partial charge in [0.2, 0.25) is 0 Å².